The van der Waals surface area contributed by atoms with Crippen molar-refractivity contribution in [3.8, 4) is 0 Å². The number of hydrogen-bond donors (Lipinski definition) is 0. The van der Waals surface area contributed by atoms with Gasteiger partial charge in [-0.15, -0.1) is 0 Å². The van der Waals surface area contributed by atoms with Crippen LogP contribution in [0.15, 0.2) is 12.2 Å². The van der Waals surface area contributed by atoms with Gasteiger partial charge in [0.1, 0.15) is 0 Å². The van der Waals surface area contributed by atoms with Gasteiger partial charge in [0.2, 0.25) is 0 Å². The fraction of sp³-hybridized carbons (Fsp3) is 0.818. The van der Waals surface area contributed by atoms with Crippen LogP contribution in [0.1, 0.15) is 34.1 Å². The summed E-state index contributed by atoms with van der Waals surface area (Å²) < 4.78 is 0. The molecule has 0 aliphatic carbocycles. The molecule has 0 amide bonds. The summed E-state index contributed by atoms with van der Waals surface area (Å²) in [6, 6.07) is 0.698. The van der Waals surface area contributed by atoms with Crippen molar-refractivity contribution in [1.29, 1.82) is 0 Å². The van der Waals surface area contributed by atoms with Crippen molar-refractivity contribution in [1.82, 2.24) is 4.90 Å². The van der Waals surface area contributed by atoms with E-state index in [9.17, 15) is 0 Å². The van der Waals surface area contributed by atoms with Crippen molar-refractivity contribution >= 4 is 0 Å². The summed E-state index contributed by atoms with van der Waals surface area (Å²) >= 11 is 0. The van der Waals surface area contributed by atoms with Crippen LogP contribution in [-0.2, 0) is 0 Å². The second-order valence-corrected chi connectivity index (χ2v) is 4.41. The fourth-order valence-corrected chi connectivity index (χ4v) is 1.89. The largest absolute Gasteiger partial charge is 0.299 e. The van der Waals surface area contributed by atoms with Crippen molar-refractivity contribution in [3.05, 3.63) is 12.2 Å². The standard InChI is InChI=1S/C11H21N/c1-6-11(9(2)3)7-12(8-11)10(4)5/h10H,2,6-8H2,1,3-5H3. The molecule has 70 valence electrons. The third-order valence-electron chi connectivity index (χ3n) is 3.32. The van der Waals surface area contributed by atoms with E-state index in [4.69, 9.17) is 0 Å². The zero-order chi connectivity index (χ0) is 9.35. The number of nitrogens with zero attached hydrogens (tertiary/aromatic N) is 1. The van der Waals surface area contributed by atoms with E-state index < -0.39 is 0 Å². The van der Waals surface area contributed by atoms with E-state index >= 15 is 0 Å². The molecule has 1 rings (SSSR count). The van der Waals surface area contributed by atoms with E-state index in [0.717, 1.165) is 0 Å². The Morgan fingerprint density at radius 1 is 1.50 bits per heavy atom. The molecule has 1 heterocycles. The molecule has 0 unspecified atom stereocenters. The zero-order valence-electron chi connectivity index (χ0n) is 8.85. The van der Waals surface area contributed by atoms with Crippen LogP contribution < -0.4 is 0 Å². The van der Waals surface area contributed by atoms with Gasteiger partial charge >= 0.3 is 0 Å². The molecule has 1 fully saturated rings. The molecule has 0 aromatic heterocycles. The summed E-state index contributed by atoms with van der Waals surface area (Å²) in [6.07, 6.45) is 1.24. The highest BCUT2D eigenvalue weighted by atomic mass is 15.2. The van der Waals surface area contributed by atoms with Gasteiger partial charge in [-0.1, -0.05) is 19.1 Å². The van der Waals surface area contributed by atoms with Crippen LogP contribution in [0.4, 0.5) is 0 Å². The summed E-state index contributed by atoms with van der Waals surface area (Å²) in [5.41, 5.74) is 1.81. The molecule has 1 nitrogen and oxygen atoms in total. The van der Waals surface area contributed by atoms with Crippen LogP contribution in [0.25, 0.3) is 0 Å². The summed E-state index contributed by atoms with van der Waals surface area (Å²) in [4.78, 5) is 2.51. The van der Waals surface area contributed by atoms with E-state index in [2.05, 4.69) is 39.2 Å². The molecular weight excluding hydrogens is 146 g/mol. The fourth-order valence-electron chi connectivity index (χ4n) is 1.89. The molecule has 0 spiro atoms. The third kappa shape index (κ3) is 1.42. The van der Waals surface area contributed by atoms with Gasteiger partial charge in [-0.3, -0.25) is 4.90 Å². The third-order valence-corrected chi connectivity index (χ3v) is 3.32. The Bertz CT molecular complexity index is 175. The minimum absolute atomic E-state index is 0.449. The van der Waals surface area contributed by atoms with E-state index in [0.29, 0.717) is 11.5 Å². The van der Waals surface area contributed by atoms with Gasteiger partial charge in [-0.2, -0.15) is 0 Å². The first-order valence-corrected chi connectivity index (χ1v) is 4.92. The predicted molar refractivity (Wildman–Crippen MR) is 54.2 cm³/mol. The van der Waals surface area contributed by atoms with Gasteiger partial charge in [0.05, 0.1) is 0 Å². The zero-order valence-corrected chi connectivity index (χ0v) is 8.85. The molecule has 0 atom stereocenters. The number of likely N-dealkylation sites (tertiary alicyclic amines) is 1. The van der Waals surface area contributed by atoms with Crippen molar-refractivity contribution in [2.45, 2.75) is 40.2 Å². The molecule has 0 aromatic rings. The maximum absolute atomic E-state index is 4.09. The Labute approximate surface area is 76.5 Å². The van der Waals surface area contributed by atoms with Crippen LogP contribution in [0.5, 0.6) is 0 Å². The van der Waals surface area contributed by atoms with Crippen molar-refractivity contribution in [2.24, 2.45) is 5.41 Å². The smallest absolute Gasteiger partial charge is 0.0158 e. The molecule has 1 saturated heterocycles. The van der Waals surface area contributed by atoms with Gasteiger partial charge in [0.25, 0.3) is 0 Å². The van der Waals surface area contributed by atoms with Crippen molar-refractivity contribution in [2.75, 3.05) is 13.1 Å². The second-order valence-electron chi connectivity index (χ2n) is 4.41. The van der Waals surface area contributed by atoms with Gasteiger partial charge in [-0.05, 0) is 27.2 Å². The lowest BCUT2D eigenvalue weighted by molar-refractivity contribution is 0.00296. The Balaban J connectivity index is 2.52. The second kappa shape index (κ2) is 3.21. The molecular formula is C11H21N. The molecule has 0 saturated carbocycles. The van der Waals surface area contributed by atoms with E-state index in [1.165, 1.54) is 25.1 Å². The average molecular weight is 167 g/mol. The normalized spacial score (nSPS) is 22.4. The highest BCUT2D eigenvalue weighted by Gasteiger charge is 2.42. The summed E-state index contributed by atoms with van der Waals surface area (Å²) in [5.74, 6) is 0. The van der Waals surface area contributed by atoms with E-state index in [-0.39, 0.29) is 0 Å². The van der Waals surface area contributed by atoms with Crippen LogP contribution in [-0.4, -0.2) is 24.0 Å². The molecule has 1 aliphatic rings. The van der Waals surface area contributed by atoms with Gasteiger partial charge < -0.3 is 0 Å². The lowest BCUT2D eigenvalue weighted by Crippen LogP contribution is -2.58. The molecule has 1 aliphatic heterocycles. The average Bonchev–Trinajstić information content (AvgIpc) is 1.84. The highest BCUT2D eigenvalue weighted by molar-refractivity contribution is 5.15. The topological polar surface area (TPSA) is 3.24 Å². The van der Waals surface area contributed by atoms with Gasteiger partial charge in [0, 0.05) is 24.5 Å². The lowest BCUT2D eigenvalue weighted by atomic mass is 9.72. The SMILES string of the molecule is C=C(C)C1(CC)CN(C(C)C)C1. The van der Waals surface area contributed by atoms with Crippen molar-refractivity contribution < 1.29 is 0 Å². The van der Waals surface area contributed by atoms with E-state index in [1.807, 2.05) is 0 Å². The maximum Gasteiger partial charge on any atom is 0.0158 e. The summed E-state index contributed by atoms with van der Waals surface area (Å²) in [5, 5.41) is 0. The number of rotatable bonds is 3. The molecule has 0 radical (unpaired) electrons. The molecule has 0 N–H and O–H groups in total. The van der Waals surface area contributed by atoms with Crippen LogP contribution in [0.2, 0.25) is 0 Å². The van der Waals surface area contributed by atoms with Gasteiger partial charge in [0.15, 0.2) is 0 Å². The Morgan fingerprint density at radius 3 is 2.25 bits per heavy atom. The number of hydrogen-bond acceptors (Lipinski definition) is 1. The molecule has 0 bridgehead atoms. The van der Waals surface area contributed by atoms with Crippen LogP contribution >= 0.6 is 0 Å². The summed E-state index contributed by atoms with van der Waals surface area (Å²) in [7, 11) is 0. The molecule has 1 heteroatoms. The summed E-state index contributed by atoms with van der Waals surface area (Å²) in [6.45, 7) is 15.5. The van der Waals surface area contributed by atoms with Crippen LogP contribution in [0.3, 0.4) is 0 Å². The monoisotopic (exact) mass is 167 g/mol. The van der Waals surface area contributed by atoms with Crippen LogP contribution in [0, 0.1) is 5.41 Å². The van der Waals surface area contributed by atoms with E-state index in [1.54, 1.807) is 0 Å². The molecule has 12 heavy (non-hydrogen) atoms. The minimum atomic E-state index is 0.449. The molecule has 0 aromatic carbocycles. The quantitative estimate of drug-likeness (QED) is 0.584. The predicted octanol–water partition coefficient (Wildman–Crippen LogP) is 2.68. The van der Waals surface area contributed by atoms with Gasteiger partial charge in [-0.25, -0.2) is 0 Å². The minimum Gasteiger partial charge on any atom is -0.299 e. The highest BCUT2D eigenvalue weighted by Crippen LogP contribution is 2.40. The van der Waals surface area contributed by atoms with Crippen molar-refractivity contribution in [3.63, 3.8) is 0 Å². The Hall–Kier alpha value is -0.300. The maximum atomic E-state index is 4.09. The Morgan fingerprint density at radius 2 is 2.00 bits per heavy atom. The first-order valence-electron chi connectivity index (χ1n) is 4.92. The lowest BCUT2D eigenvalue weighted by Gasteiger charge is -2.52. The first-order chi connectivity index (χ1) is 5.52. The Kier molecular flexibility index (Phi) is 2.62. The first kappa shape index (κ1) is 9.79.